The molecule has 2 aromatic rings. The van der Waals surface area contributed by atoms with Crippen molar-refractivity contribution in [1.29, 1.82) is 0 Å². The first kappa shape index (κ1) is 17.2. The van der Waals surface area contributed by atoms with Crippen LogP contribution in [0, 0.1) is 11.6 Å². The highest BCUT2D eigenvalue weighted by Crippen LogP contribution is 2.18. The van der Waals surface area contributed by atoms with Gasteiger partial charge in [-0.15, -0.1) is 0 Å². The number of hydrogen-bond acceptors (Lipinski definition) is 3. The van der Waals surface area contributed by atoms with Crippen LogP contribution in [-0.4, -0.2) is 24.2 Å². The fourth-order valence-corrected chi connectivity index (χ4v) is 2.03. The molecule has 0 radical (unpaired) electrons. The zero-order valence-electron chi connectivity index (χ0n) is 11.9. The van der Waals surface area contributed by atoms with Crippen molar-refractivity contribution >= 4 is 17.5 Å². The van der Waals surface area contributed by atoms with Crippen molar-refractivity contribution in [3.63, 3.8) is 0 Å². The molecular formula is C16H14ClF2NO3. The highest BCUT2D eigenvalue weighted by atomic mass is 35.5. The third kappa shape index (κ3) is 4.91. The Labute approximate surface area is 136 Å². The number of carbonyl (C=O) groups excluding carboxylic acids is 1. The summed E-state index contributed by atoms with van der Waals surface area (Å²) >= 11 is 5.78. The number of nitrogens with one attached hydrogen (secondary N) is 1. The van der Waals surface area contributed by atoms with E-state index in [2.05, 4.69) is 5.32 Å². The van der Waals surface area contributed by atoms with Crippen molar-refractivity contribution in [2.24, 2.45) is 0 Å². The van der Waals surface area contributed by atoms with Crippen LogP contribution in [0.15, 0.2) is 42.5 Å². The molecule has 23 heavy (non-hydrogen) atoms. The van der Waals surface area contributed by atoms with Crippen LogP contribution in [-0.2, 0) is 4.79 Å². The van der Waals surface area contributed by atoms with E-state index in [-0.39, 0.29) is 12.4 Å². The van der Waals surface area contributed by atoms with Gasteiger partial charge >= 0.3 is 0 Å². The fraction of sp³-hybridized carbons (Fsp3) is 0.188. The zero-order valence-corrected chi connectivity index (χ0v) is 12.7. The molecule has 2 N–H and O–H groups in total. The van der Waals surface area contributed by atoms with Crippen LogP contribution < -0.4 is 10.1 Å². The molecule has 2 rings (SSSR count). The molecule has 0 fully saturated rings. The summed E-state index contributed by atoms with van der Waals surface area (Å²) in [5.41, 5.74) is 0.665. The molecule has 0 saturated carbocycles. The van der Waals surface area contributed by atoms with Gasteiger partial charge in [0.25, 0.3) is 5.91 Å². The summed E-state index contributed by atoms with van der Waals surface area (Å²) in [6, 6.07) is 8.76. The van der Waals surface area contributed by atoms with Crippen LogP contribution in [0.25, 0.3) is 0 Å². The Hall–Kier alpha value is -2.18. The van der Waals surface area contributed by atoms with Crippen LogP contribution in [0.5, 0.6) is 5.75 Å². The minimum atomic E-state index is -0.894. The second-order valence-corrected chi connectivity index (χ2v) is 5.15. The third-order valence-electron chi connectivity index (χ3n) is 3.04. The molecule has 1 unspecified atom stereocenters. The summed E-state index contributed by atoms with van der Waals surface area (Å²) in [6.07, 6.45) is 0. The predicted molar refractivity (Wildman–Crippen MR) is 81.3 cm³/mol. The number of hydrogen-bond donors (Lipinski definition) is 2. The maximum atomic E-state index is 13.4. The van der Waals surface area contributed by atoms with E-state index in [1.165, 1.54) is 0 Å². The van der Waals surface area contributed by atoms with Gasteiger partial charge in [-0.25, -0.2) is 8.78 Å². The Morgan fingerprint density at radius 1 is 1.22 bits per heavy atom. The van der Waals surface area contributed by atoms with Crippen molar-refractivity contribution in [3.8, 4) is 5.75 Å². The molecule has 0 aliphatic carbocycles. The number of ether oxygens (including phenoxy) is 1. The van der Waals surface area contributed by atoms with Gasteiger partial charge in [-0.1, -0.05) is 23.7 Å². The third-order valence-corrected chi connectivity index (χ3v) is 3.29. The van der Waals surface area contributed by atoms with E-state index in [1.54, 1.807) is 24.3 Å². The summed E-state index contributed by atoms with van der Waals surface area (Å²) in [6.45, 7) is -0.787. The van der Waals surface area contributed by atoms with Crippen molar-refractivity contribution in [2.75, 3.05) is 13.2 Å². The summed E-state index contributed by atoms with van der Waals surface area (Å²) in [4.78, 5) is 11.8. The van der Waals surface area contributed by atoms with E-state index in [0.717, 1.165) is 12.1 Å². The van der Waals surface area contributed by atoms with Gasteiger partial charge in [-0.05, 0) is 29.8 Å². The fourth-order valence-electron chi connectivity index (χ4n) is 1.90. The SMILES string of the molecule is O=C(COc1ccc(F)cc1F)NC(CO)c1ccc(Cl)cc1. The molecule has 0 saturated heterocycles. The Balaban J connectivity index is 1.93. The molecular weight excluding hydrogens is 328 g/mol. The maximum absolute atomic E-state index is 13.4. The summed E-state index contributed by atoms with van der Waals surface area (Å²) in [7, 11) is 0. The number of aliphatic hydroxyl groups excluding tert-OH is 1. The van der Waals surface area contributed by atoms with Gasteiger partial charge < -0.3 is 15.2 Å². The normalized spacial score (nSPS) is 11.8. The van der Waals surface area contributed by atoms with Crippen LogP contribution in [0.1, 0.15) is 11.6 Å². The standard InChI is InChI=1S/C16H14ClF2NO3/c17-11-3-1-10(2-4-11)14(8-21)20-16(22)9-23-15-6-5-12(18)7-13(15)19/h1-7,14,21H,8-9H2,(H,20,22). The molecule has 0 aromatic heterocycles. The first-order chi connectivity index (χ1) is 11.0. The van der Waals surface area contributed by atoms with Gasteiger partial charge in [0.2, 0.25) is 0 Å². The number of benzene rings is 2. The van der Waals surface area contributed by atoms with Crippen LogP contribution >= 0.6 is 11.6 Å². The Morgan fingerprint density at radius 2 is 1.91 bits per heavy atom. The Kier molecular flexibility index (Phi) is 5.90. The monoisotopic (exact) mass is 341 g/mol. The highest BCUT2D eigenvalue weighted by Gasteiger charge is 2.15. The molecule has 0 spiro atoms. The van der Waals surface area contributed by atoms with E-state index in [1.807, 2.05) is 0 Å². The molecule has 0 aliphatic heterocycles. The largest absolute Gasteiger partial charge is 0.481 e. The molecule has 4 nitrogen and oxygen atoms in total. The lowest BCUT2D eigenvalue weighted by Gasteiger charge is -2.17. The number of rotatable bonds is 6. The van der Waals surface area contributed by atoms with Crippen LogP contribution in [0.4, 0.5) is 8.78 Å². The highest BCUT2D eigenvalue weighted by molar-refractivity contribution is 6.30. The van der Waals surface area contributed by atoms with Crippen LogP contribution in [0.3, 0.4) is 0 Å². The van der Waals surface area contributed by atoms with Gasteiger partial charge in [0.15, 0.2) is 18.2 Å². The lowest BCUT2D eigenvalue weighted by atomic mass is 10.1. The molecule has 0 heterocycles. The minimum Gasteiger partial charge on any atom is -0.481 e. The van der Waals surface area contributed by atoms with Gasteiger partial charge in [0.05, 0.1) is 12.6 Å². The Morgan fingerprint density at radius 3 is 2.52 bits per heavy atom. The molecule has 7 heteroatoms. The van der Waals surface area contributed by atoms with Crippen molar-refractivity contribution in [2.45, 2.75) is 6.04 Å². The topological polar surface area (TPSA) is 58.6 Å². The number of carbonyl (C=O) groups is 1. The average Bonchev–Trinajstić information content (AvgIpc) is 2.52. The number of amides is 1. The minimum absolute atomic E-state index is 0.228. The summed E-state index contributed by atoms with van der Waals surface area (Å²) in [5.74, 6) is -2.41. The van der Waals surface area contributed by atoms with E-state index in [9.17, 15) is 18.7 Å². The molecule has 0 bridgehead atoms. The second kappa shape index (κ2) is 7.89. The molecule has 122 valence electrons. The van der Waals surface area contributed by atoms with Crippen molar-refractivity contribution in [1.82, 2.24) is 5.32 Å². The maximum Gasteiger partial charge on any atom is 0.258 e. The number of halogens is 3. The van der Waals surface area contributed by atoms with Crippen molar-refractivity contribution < 1.29 is 23.4 Å². The average molecular weight is 342 g/mol. The smallest absolute Gasteiger partial charge is 0.258 e. The predicted octanol–water partition coefficient (Wildman–Crippen LogP) is 2.85. The van der Waals surface area contributed by atoms with Crippen molar-refractivity contribution in [3.05, 3.63) is 64.7 Å². The van der Waals surface area contributed by atoms with Gasteiger partial charge in [0, 0.05) is 11.1 Å². The van der Waals surface area contributed by atoms with E-state index >= 15 is 0 Å². The Bertz CT molecular complexity index is 680. The van der Waals surface area contributed by atoms with E-state index < -0.39 is 30.2 Å². The van der Waals surface area contributed by atoms with Gasteiger partial charge in [0.1, 0.15) is 5.82 Å². The van der Waals surface area contributed by atoms with Gasteiger partial charge in [-0.3, -0.25) is 4.79 Å². The van der Waals surface area contributed by atoms with Gasteiger partial charge in [-0.2, -0.15) is 0 Å². The number of aliphatic hydroxyl groups is 1. The quantitative estimate of drug-likeness (QED) is 0.849. The molecule has 1 amide bonds. The molecule has 2 aromatic carbocycles. The second-order valence-electron chi connectivity index (χ2n) is 4.72. The first-order valence-electron chi connectivity index (χ1n) is 6.73. The molecule has 0 aliphatic rings. The lowest BCUT2D eigenvalue weighted by molar-refractivity contribution is -0.124. The van der Waals surface area contributed by atoms with E-state index in [4.69, 9.17) is 16.3 Å². The van der Waals surface area contributed by atoms with Crippen LogP contribution in [0.2, 0.25) is 5.02 Å². The zero-order chi connectivity index (χ0) is 16.8. The summed E-state index contributed by atoms with van der Waals surface area (Å²) < 4.78 is 31.1. The summed E-state index contributed by atoms with van der Waals surface area (Å²) in [5, 5.41) is 12.5. The lowest BCUT2D eigenvalue weighted by Crippen LogP contribution is -2.34. The molecule has 1 atom stereocenters. The van der Waals surface area contributed by atoms with E-state index in [0.29, 0.717) is 16.7 Å². The first-order valence-corrected chi connectivity index (χ1v) is 7.11.